The smallest absolute Gasteiger partial charge is 0.330 e. The maximum Gasteiger partial charge on any atom is 0.330 e. The fourth-order valence-electron chi connectivity index (χ4n) is 5.59. The summed E-state index contributed by atoms with van der Waals surface area (Å²) < 4.78 is 22.9. The van der Waals surface area contributed by atoms with E-state index in [2.05, 4.69) is 44.2 Å². The summed E-state index contributed by atoms with van der Waals surface area (Å²) in [5.74, 6) is 3.02. The van der Waals surface area contributed by atoms with Crippen LogP contribution in [0.2, 0.25) is 18.1 Å². The van der Waals surface area contributed by atoms with E-state index in [-0.39, 0.29) is 23.2 Å². The average molecular weight is 620 g/mol. The molecule has 0 spiro atoms. The van der Waals surface area contributed by atoms with Gasteiger partial charge in [0.2, 0.25) is 5.95 Å². The molecule has 2 amide bonds. The summed E-state index contributed by atoms with van der Waals surface area (Å²) >= 11 is 0. The number of nitrogens with zero attached hydrogens (tertiary/aromatic N) is 4. The van der Waals surface area contributed by atoms with Crippen LogP contribution in [0.5, 0.6) is 17.2 Å². The number of nitrogens with one attached hydrogen (secondary N) is 1. The third kappa shape index (κ3) is 6.48. The van der Waals surface area contributed by atoms with Crippen molar-refractivity contribution in [2.45, 2.75) is 83.3 Å². The first-order valence-electron chi connectivity index (χ1n) is 15.2. The van der Waals surface area contributed by atoms with Crippen LogP contribution >= 0.6 is 0 Å². The minimum Gasteiger partial charge on any atom is -0.497 e. The number of ether oxygens (including phenoxy) is 3. The SMILES string of the molecule is COc1ccc(N2Cc3cnc(Nc4ccc(OC)c(OC)c4)nc3N([C@H]3CC[C@H](O[Si](C)(C)C(C)(C)C)CC3)C2=O)cc1. The zero-order valence-corrected chi connectivity index (χ0v) is 28.1. The van der Waals surface area contributed by atoms with Crippen molar-refractivity contribution in [2.75, 3.05) is 36.4 Å². The summed E-state index contributed by atoms with van der Waals surface area (Å²) in [7, 11) is 2.94. The van der Waals surface area contributed by atoms with E-state index in [1.807, 2.05) is 53.6 Å². The number of carbonyl (C=O) groups excluding carboxylic acids is 1. The topological polar surface area (TPSA) is 98.3 Å². The van der Waals surface area contributed by atoms with Crippen LogP contribution in [0.1, 0.15) is 52.0 Å². The monoisotopic (exact) mass is 619 g/mol. The van der Waals surface area contributed by atoms with Gasteiger partial charge in [-0.2, -0.15) is 4.98 Å². The first-order valence-corrected chi connectivity index (χ1v) is 18.1. The Labute approximate surface area is 261 Å². The van der Waals surface area contributed by atoms with Gasteiger partial charge in [0.1, 0.15) is 11.6 Å². The molecule has 5 rings (SSSR count). The maximum absolute atomic E-state index is 14.3. The van der Waals surface area contributed by atoms with Crippen LogP contribution in [0.4, 0.5) is 27.9 Å². The summed E-state index contributed by atoms with van der Waals surface area (Å²) in [6.45, 7) is 11.8. The number of benzene rings is 2. The van der Waals surface area contributed by atoms with Crippen LogP contribution < -0.4 is 29.3 Å². The molecule has 236 valence electrons. The molecule has 2 aliphatic rings. The molecule has 2 heterocycles. The van der Waals surface area contributed by atoms with Crippen LogP contribution in [0.3, 0.4) is 0 Å². The summed E-state index contributed by atoms with van der Waals surface area (Å²) in [5.41, 5.74) is 2.44. The van der Waals surface area contributed by atoms with Crippen molar-refractivity contribution in [2.24, 2.45) is 0 Å². The van der Waals surface area contributed by atoms with Crippen LogP contribution in [-0.4, -0.2) is 57.8 Å². The predicted octanol–water partition coefficient (Wildman–Crippen LogP) is 7.53. The van der Waals surface area contributed by atoms with Crippen molar-refractivity contribution in [3.63, 3.8) is 0 Å². The molecule has 0 bridgehead atoms. The van der Waals surface area contributed by atoms with Gasteiger partial charge in [-0.1, -0.05) is 20.8 Å². The van der Waals surface area contributed by atoms with Crippen molar-refractivity contribution in [3.8, 4) is 17.2 Å². The summed E-state index contributed by atoms with van der Waals surface area (Å²) in [6, 6.07) is 13.0. The van der Waals surface area contributed by atoms with Crippen molar-refractivity contribution in [3.05, 3.63) is 54.2 Å². The Bertz CT molecular complexity index is 1470. The lowest BCUT2D eigenvalue weighted by molar-refractivity contribution is 0.129. The van der Waals surface area contributed by atoms with Gasteiger partial charge >= 0.3 is 6.03 Å². The lowest BCUT2D eigenvalue weighted by Crippen LogP contribution is -2.54. The number of methoxy groups -OCH3 is 3. The summed E-state index contributed by atoms with van der Waals surface area (Å²) in [6.07, 6.45) is 5.50. The summed E-state index contributed by atoms with van der Waals surface area (Å²) in [5, 5.41) is 3.43. The Morgan fingerprint density at radius 1 is 0.909 bits per heavy atom. The van der Waals surface area contributed by atoms with Crippen molar-refractivity contribution >= 4 is 37.5 Å². The number of fused-ring (bicyclic) bond motifs is 1. The molecule has 0 atom stereocenters. The molecule has 2 aromatic carbocycles. The van der Waals surface area contributed by atoms with E-state index in [1.54, 1.807) is 26.2 Å². The molecule has 11 heteroatoms. The number of aromatic nitrogens is 2. The molecule has 1 aliphatic heterocycles. The second kappa shape index (κ2) is 12.6. The molecule has 1 aromatic heterocycles. The molecule has 1 saturated carbocycles. The van der Waals surface area contributed by atoms with Crippen LogP contribution in [0.25, 0.3) is 0 Å². The van der Waals surface area contributed by atoms with Gasteiger partial charge in [-0.05, 0) is 80.2 Å². The Balaban J connectivity index is 1.44. The Morgan fingerprint density at radius 3 is 2.20 bits per heavy atom. The van der Waals surface area contributed by atoms with Gasteiger partial charge in [-0.15, -0.1) is 0 Å². The van der Waals surface area contributed by atoms with E-state index in [1.165, 1.54) is 0 Å². The van der Waals surface area contributed by atoms with Crippen LogP contribution in [-0.2, 0) is 11.0 Å². The molecule has 3 aromatic rings. The van der Waals surface area contributed by atoms with E-state index in [0.29, 0.717) is 29.8 Å². The van der Waals surface area contributed by atoms with Gasteiger partial charge in [0.25, 0.3) is 0 Å². The van der Waals surface area contributed by atoms with E-state index >= 15 is 0 Å². The van der Waals surface area contributed by atoms with Gasteiger partial charge in [0, 0.05) is 41.3 Å². The number of hydrogen-bond donors (Lipinski definition) is 1. The highest BCUT2D eigenvalue weighted by atomic mass is 28.4. The molecule has 1 N–H and O–H groups in total. The number of rotatable bonds is 9. The molecule has 0 saturated heterocycles. The van der Waals surface area contributed by atoms with E-state index in [4.69, 9.17) is 23.6 Å². The van der Waals surface area contributed by atoms with Crippen molar-refractivity contribution < 1.29 is 23.4 Å². The van der Waals surface area contributed by atoms with Crippen LogP contribution in [0.15, 0.2) is 48.7 Å². The van der Waals surface area contributed by atoms with Gasteiger partial charge < -0.3 is 24.0 Å². The zero-order valence-electron chi connectivity index (χ0n) is 27.1. The third-order valence-corrected chi connectivity index (χ3v) is 13.7. The number of urea groups is 1. The third-order valence-electron chi connectivity index (χ3n) is 9.14. The van der Waals surface area contributed by atoms with Crippen molar-refractivity contribution in [1.82, 2.24) is 9.97 Å². The van der Waals surface area contributed by atoms with Gasteiger partial charge in [-0.25, -0.2) is 9.78 Å². The predicted molar refractivity (Wildman–Crippen MR) is 176 cm³/mol. The number of amides is 2. The van der Waals surface area contributed by atoms with E-state index in [0.717, 1.165) is 48.4 Å². The average Bonchev–Trinajstić information content (AvgIpc) is 3.00. The maximum atomic E-state index is 14.3. The standard InChI is InChI=1S/C33H45N5O5Si/c1-33(2,3)44(7,8)43-27-16-12-25(13-17-27)38-30-22(21-37(32(38)39)24-10-14-26(40-4)15-11-24)20-34-31(36-30)35-23-9-18-28(41-5)29(19-23)42-6/h9-11,14-15,18-20,25,27H,12-13,16-17,21H2,1-8H3,(H,34,35,36)/t25-,27-. The van der Waals surface area contributed by atoms with Crippen LogP contribution in [0, 0.1) is 0 Å². The second-order valence-corrected chi connectivity index (χ2v) is 17.7. The normalized spacial score (nSPS) is 19.0. The zero-order chi connectivity index (χ0) is 31.6. The highest BCUT2D eigenvalue weighted by Gasteiger charge is 2.42. The van der Waals surface area contributed by atoms with Crippen molar-refractivity contribution in [1.29, 1.82) is 0 Å². The Morgan fingerprint density at radius 2 is 1.59 bits per heavy atom. The highest BCUT2D eigenvalue weighted by molar-refractivity contribution is 6.74. The summed E-state index contributed by atoms with van der Waals surface area (Å²) in [4.78, 5) is 27.5. The first-order chi connectivity index (χ1) is 20.9. The Kier molecular flexibility index (Phi) is 9.08. The first kappa shape index (κ1) is 31.6. The largest absolute Gasteiger partial charge is 0.497 e. The molecule has 1 aliphatic carbocycles. The molecule has 0 unspecified atom stereocenters. The molecule has 10 nitrogen and oxygen atoms in total. The fourth-order valence-corrected chi connectivity index (χ4v) is 7.01. The number of anilines is 4. The lowest BCUT2D eigenvalue weighted by Gasteiger charge is -2.44. The Hall–Kier alpha value is -3.83. The minimum absolute atomic E-state index is 0.00889. The molecule has 44 heavy (non-hydrogen) atoms. The number of hydrogen-bond acceptors (Lipinski definition) is 8. The molecular formula is C33H45N5O5Si. The molecule has 1 fully saturated rings. The fraction of sp³-hybridized carbons (Fsp3) is 0.485. The molecular weight excluding hydrogens is 574 g/mol. The minimum atomic E-state index is -1.89. The highest BCUT2D eigenvalue weighted by Crippen LogP contribution is 2.41. The lowest BCUT2D eigenvalue weighted by atomic mass is 9.91. The number of carbonyl (C=O) groups is 1. The quantitative estimate of drug-likeness (QED) is 0.246. The van der Waals surface area contributed by atoms with Gasteiger partial charge in [-0.3, -0.25) is 9.80 Å². The van der Waals surface area contributed by atoms with E-state index < -0.39 is 8.32 Å². The van der Waals surface area contributed by atoms with Gasteiger partial charge in [0.05, 0.1) is 27.9 Å². The van der Waals surface area contributed by atoms with Gasteiger partial charge in [0.15, 0.2) is 19.8 Å². The van der Waals surface area contributed by atoms with E-state index in [9.17, 15) is 4.79 Å². The molecule has 0 radical (unpaired) electrons. The second-order valence-electron chi connectivity index (χ2n) is 13.0.